The van der Waals surface area contributed by atoms with E-state index in [9.17, 15) is 9.59 Å². The quantitative estimate of drug-likeness (QED) is 0.796. The van der Waals surface area contributed by atoms with E-state index in [0.717, 1.165) is 22.1 Å². The number of carbonyl (C=O) groups excluding carboxylic acids is 2. The lowest BCUT2D eigenvalue weighted by molar-refractivity contribution is -0.149. The van der Waals surface area contributed by atoms with Crippen LogP contribution in [0.15, 0.2) is 28.9 Å². The molecular formula is C17H16O5. The molecule has 0 saturated carbocycles. The van der Waals surface area contributed by atoms with E-state index in [2.05, 4.69) is 0 Å². The number of ether oxygens (including phenoxy) is 2. The number of aryl methyl sites for hydroxylation is 1. The summed E-state index contributed by atoms with van der Waals surface area (Å²) in [6.45, 7) is 4.93. The Morgan fingerprint density at radius 2 is 2.14 bits per heavy atom. The second-order valence-corrected chi connectivity index (χ2v) is 5.40. The van der Waals surface area contributed by atoms with Gasteiger partial charge in [-0.05, 0) is 43.2 Å². The highest BCUT2D eigenvalue weighted by atomic mass is 16.6. The topological polar surface area (TPSA) is 65.7 Å². The third kappa shape index (κ3) is 2.50. The van der Waals surface area contributed by atoms with Gasteiger partial charge in [0.2, 0.25) is 0 Å². The lowest BCUT2D eigenvalue weighted by Gasteiger charge is -2.19. The van der Waals surface area contributed by atoms with E-state index in [0.29, 0.717) is 5.56 Å². The van der Waals surface area contributed by atoms with Crippen molar-refractivity contribution in [2.75, 3.05) is 0 Å². The molecule has 1 aliphatic heterocycles. The minimum atomic E-state index is -0.615. The van der Waals surface area contributed by atoms with Crippen LogP contribution in [0.1, 0.15) is 35.3 Å². The van der Waals surface area contributed by atoms with Gasteiger partial charge in [0.25, 0.3) is 0 Å². The average Bonchev–Trinajstić information content (AvgIpc) is 2.72. The summed E-state index contributed by atoms with van der Waals surface area (Å²) in [4.78, 5) is 23.4. The first-order valence-electron chi connectivity index (χ1n) is 7.04. The molecule has 3 rings (SSSR count). The summed E-state index contributed by atoms with van der Waals surface area (Å²) in [6, 6.07) is 3.59. The van der Waals surface area contributed by atoms with E-state index in [1.165, 1.54) is 6.92 Å². The highest BCUT2D eigenvalue weighted by Crippen LogP contribution is 2.28. The summed E-state index contributed by atoms with van der Waals surface area (Å²) in [7, 11) is 0. The van der Waals surface area contributed by atoms with Gasteiger partial charge in [0.1, 0.15) is 11.7 Å². The zero-order valence-corrected chi connectivity index (χ0v) is 12.6. The SMILES string of the molecule is CC(=O)O[C@H](C)[C@@H]1C=Cc2cc3occ(C)c3cc2C(=O)O1. The van der Waals surface area contributed by atoms with Gasteiger partial charge >= 0.3 is 11.9 Å². The van der Waals surface area contributed by atoms with Gasteiger partial charge in [0, 0.05) is 12.3 Å². The standard InChI is InChI=1S/C17H16O5/c1-9-8-20-16-6-12-4-5-15(10(2)21-11(3)18)22-17(19)14(12)7-13(9)16/h4-8,10,15H,1-3H3/t10-,15+/m1/s1. The highest BCUT2D eigenvalue weighted by molar-refractivity contribution is 6.00. The van der Waals surface area contributed by atoms with E-state index in [4.69, 9.17) is 13.9 Å². The van der Waals surface area contributed by atoms with Gasteiger partial charge < -0.3 is 13.9 Å². The number of benzene rings is 1. The van der Waals surface area contributed by atoms with Crippen molar-refractivity contribution in [2.24, 2.45) is 0 Å². The van der Waals surface area contributed by atoms with Crippen molar-refractivity contribution in [3.05, 3.63) is 41.2 Å². The first-order valence-corrected chi connectivity index (χ1v) is 7.04. The molecule has 2 heterocycles. The van der Waals surface area contributed by atoms with Crippen molar-refractivity contribution >= 4 is 29.0 Å². The Morgan fingerprint density at radius 1 is 1.36 bits per heavy atom. The van der Waals surface area contributed by atoms with Crippen LogP contribution in [0.3, 0.4) is 0 Å². The lowest BCUT2D eigenvalue weighted by atomic mass is 10.0. The van der Waals surface area contributed by atoms with Crippen LogP contribution in [0, 0.1) is 6.92 Å². The second-order valence-electron chi connectivity index (χ2n) is 5.40. The molecule has 1 aromatic heterocycles. The Kier molecular flexibility index (Phi) is 3.48. The Hall–Kier alpha value is -2.56. The smallest absolute Gasteiger partial charge is 0.339 e. The van der Waals surface area contributed by atoms with Crippen molar-refractivity contribution in [1.82, 2.24) is 0 Å². The molecule has 5 nitrogen and oxygen atoms in total. The molecular weight excluding hydrogens is 284 g/mol. The number of hydrogen-bond donors (Lipinski definition) is 0. The number of fused-ring (bicyclic) bond motifs is 2. The molecule has 1 aromatic carbocycles. The minimum absolute atomic E-state index is 0.410. The first-order chi connectivity index (χ1) is 10.5. The molecule has 0 N–H and O–H groups in total. The van der Waals surface area contributed by atoms with Crippen molar-refractivity contribution in [3.63, 3.8) is 0 Å². The molecule has 5 heteroatoms. The zero-order chi connectivity index (χ0) is 15.9. The van der Waals surface area contributed by atoms with E-state index in [1.807, 2.05) is 13.0 Å². The number of hydrogen-bond acceptors (Lipinski definition) is 5. The fourth-order valence-electron chi connectivity index (χ4n) is 2.54. The molecule has 2 atom stereocenters. The summed E-state index contributed by atoms with van der Waals surface area (Å²) in [5, 5.41) is 0.885. The summed E-state index contributed by atoms with van der Waals surface area (Å²) in [5.74, 6) is -0.849. The summed E-state index contributed by atoms with van der Waals surface area (Å²) in [6.07, 6.45) is 4.01. The molecule has 0 aliphatic carbocycles. The number of esters is 2. The molecule has 0 bridgehead atoms. The predicted molar refractivity (Wildman–Crippen MR) is 80.4 cm³/mol. The average molecular weight is 300 g/mol. The maximum Gasteiger partial charge on any atom is 0.339 e. The third-order valence-corrected chi connectivity index (χ3v) is 3.68. The predicted octanol–water partition coefficient (Wildman–Crippen LogP) is 3.25. The molecule has 0 saturated heterocycles. The minimum Gasteiger partial charge on any atom is -0.464 e. The molecule has 0 fully saturated rings. The van der Waals surface area contributed by atoms with Crippen molar-refractivity contribution in [3.8, 4) is 0 Å². The van der Waals surface area contributed by atoms with E-state index in [1.54, 1.807) is 31.4 Å². The van der Waals surface area contributed by atoms with E-state index in [-0.39, 0.29) is 0 Å². The number of carbonyl (C=O) groups is 2. The summed E-state index contributed by atoms with van der Waals surface area (Å²) in [5.41, 5.74) is 2.89. The van der Waals surface area contributed by atoms with Gasteiger partial charge in [-0.3, -0.25) is 4.79 Å². The van der Waals surface area contributed by atoms with Gasteiger partial charge in [0.05, 0.1) is 11.8 Å². The van der Waals surface area contributed by atoms with Crippen LogP contribution in [0.2, 0.25) is 0 Å². The number of cyclic esters (lactones) is 1. The lowest BCUT2D eigenvalue weighted by Crippen LogP contribution is -2.30. The molecule has 22 heavy (non-hydrogen) atoms. The molecule has 0 spiro atoms. The monoisotopic (exact) mass is 300 g/mol. The van der Waals surface area contributed by atoms with Crippen LogP contribution >= 0.6 is 0 Å². The molecule has 0 amide bonds. The van der Waals surface area contributed by atoms with Crippen LogP contribution < -0.4 is 0 Å². The fraction of sp³-hybridized carbons (Fsp3) is 0.294. The van der Waals surface area contributed by atoms with Gasteiger partial charge in [-0.15, -0.1) is 0 Å². The third-order valence-electron chi connectivity index (χ3n) is 3.68. The fourth-order valence-corrected chi connectivity index (χ4v) is 2.54. The van der Waals surface area contributed by atoms with E-state index >= 15 is 0 Å². The molecule has 0 unspecified atom stereocenters. The van der Waals surface area contributed by atoms with Crippen LogP contribution in [-0.2, 0) is 14.3 Å². The first kappa shape index (κ1) is 14.4. The Labute approximate surface area is 127 Å². The van der Waals surface area contributed by atoms with Gasteiger partial charge in [-0.25, -0.2) is 4.79 Å². The van der Waals surface area contributed by atoms with E-state index < -0.39 is 24.1 Å². The summed E-state index contributed by atoms with van der Waals surface area (Å²) < 4.78 is 16.0. The van der Waals surface area contributed by atoms with Crippen LogP contribution in [0.5, 0.6) is 0 Å². The van der Waals surface area contributed by atoms with Crippen LogP contribution in [0.4, 0.5) is 0 Å². The normalized spacial score (nSPS) is 18.5. The molecule has 0 radical (unpaired) electrons. The van der Waals surface area contributed by atoms with Gasteiger partial charge in [-0.2, -0.15) is 0 Å². The van der Waals surface area contributed by atoms with Crippen molar-refractivity contribution in [2.45, 2.75) is 33.0 Å². The van der Waals surface area contributed by atoms with Gasteiger partial charge in [-0.1, -0.05) is 6.08 Å². The Morgan fingerprint density at radius 3 is 2.86 bits per heavy atom. The zero-order valence-electron chi connectivity index (χ0n) is 12.6. The number of furan rings is 1. The molecule has 114 valence electrons. The maximum atomic E-state index is 12.3. The van der Waals surface area contributed by atoms with Crippen molar-refractivity contribution in [1.29, 1.82) is 0 Å². The Bertz CT molecular complexity index is 784. The summed E-state index contributed by atoms with van der Waals surface area (Å²) >= 11 is 0. The second kappa shape index (κ2) is 5.33. The van der Waals surface area contributed by atoms with Crippen LogP contribution in [0.25, 0.3) is 17.0 Å². The highest BCUT2D eigenvalue weighted by Gasteiger charge is 2.26. The molecule has 1 aliphatic rings. The van der Waals surface area contributed by atoms with Gasteiger partial charge in [0.15, 0.2) is 6.10 Å². The Balaban J connectivity index is 1.98. The number of rotatable bonds is 2. The van der Waals surface area contributed by atoms with Crippen LogP contribution in [-0.4, -0.2) is 24.1 Å². The maximum absolute atomic E-state index is 12.3. The largest absolute Gasteiger partial charge is 0.464 e. The van der Waals surface area contributed by atoms with Crippen molar-refractivity contribution < 1.29 is 23.5 Å². The molecule has 2 aromatic rings.